The maximum atomic E-state index is 12.4. The number of hydrogen-bond donors (Lipinski definition) is 0. The van der Waals surface area contributed by atoms with Gasteiger partial charge in [-0.15, -0.1) is 0 Å². The number of Topliss-reactive ketones (excluding diaryl/α,β-unsaturated/α-hetero) is 1. The SMILES string of the molecule is COc1cccc2c1C1=C(C2)C2=CCCC(=O)C2(C)CC1. The van der Waals surface area contributed by atoms with Gasteiger partial charge in [0.25, 0.3) is 0 Å². The minimum atomic E-state index is -0.244. The lowest BCUT2D eigenvalue weighted by molar-refractivity contribution is -0.126. The maximum absolute atomic E-state index is 12.4. The number of ether oxygens (including phenoxy) is 1. The lowest BCUT2D eigenvalue weighted by Crippen LogP contribution is -2.35. The van der Waals surface area contributed by atoms with E-state index in [0.717, 1.165) is 31.4 Å². The number of fused-ring (bicyclic) bond motifs is 4. The summed E-state index contributed by atoms with van der Waals surface area (Å²) in [4.78, 5) is 12.4. The fraction of sp³-hybridized carbons (Fsp3) is 0.421. The van der Waals surface area contributed by atoms with Crippen molar-refractivity contribution in [3.63, 3.8) is 0 Å². The van der Waals surface area contributed by atoms with E-state index in [-0.39, 0.29) is 5.41 Å². The van der Waals surface area contributed by atoms with E-state index in [1.165, 1.54) is 27.8 Å². The largest absolute Gasteiger partial charge is 0.496 e. The van der Waals surface area contributed by atoms with Gasteiger partial charge in [-0.25, -0.2) is 0 Å². The van der Waals surface area contributed by atoms with Gasteiger partial charge in [-0.2, -0.15) is 0 Å². The molecule has 0 aromatic heterocycles. The number of rotatable bonds is 1. The highest BCUT2D eigenvalue weighted by Crippen LogP contribution is 2.55. The summed E-state index contributed by atoms with van der Waals surface area (Å²) in [6, 6.07) is 6.30. The molecule has 3 aliphatic carbocycles. The number of hydrogen-bond acceptors (Lipinski definition) is 2. The first kappa shape index (κ1) is 12.9. The predicted octanol–water partition coefficient (Wildman–Crippen LogP) is 4.09. The molecule has 0 radical (unpaired) electrons. The molecule has 0 spiro atoms. The van der Waals surface area contributed by atoms with Gasteiger partial charge in [0.15, 0.2) is 0 Å². The number of benzene rings is 1. The molecule has 0 N–H and O–H groups in total. The summed E-state index contributed by atoms with van der Waals surface area (Å²) in [6.07, 6.45) is 6.80. The van der Waals surface area contributed by atoms with Crippen molar-refractivity contribution in [1.82, 2.24) is 0 Å². The molecule has 4 rings (SSSR count). The van der Waals surface area contributed by atoms with Crippen LogP contribution in [0.4, 0.5) is 0 Å². The average molecular weight is 280 g/mol. The Morgan fingerprint density at radius 3 is 2.86 bits per heavy atom. The molecule has 0 saturated heterocycles. The summed E-state index contributed by atoms with van der Waals surface area (Å²) in [7, 11) is 1.74. The maximum Gasteiger partial charge on any atom is 0.143 e. The van der Waals surface area contributed by atoms with Crippen LogP contribution in [0.2, 0.25) is 0 Å². The molecule has 2 heteroatoms. The molecule has 0 amide bonds. The lowest BCUT2D eigenvalue weighted by Gasteiger charge is -2.39. The fourth-order valence-electron chi connectivity index (χ4n) is 4.32. The normalized spacial score (nSPS) is 27.0. The second-order valence-corrected chi connectivity index (χ2v) is 6.54. The van der Waals surface area contributed by atoms with Crippen molar-refractivity contribution in [2.45, 2.75) is 39.0 Å². The molecule has 1 aromatic rings. The van der Waals surface area contributed by atoms with Crippen molar-refractivity contribution >= 4 is 11.4 Å². The van der Waals surface area contributed by atoms with Gasteiger partial charge in [0.2, 0.25) is 0 Å². The molecule has 1 atom stereocenters. The fourth-order valence-corrected chi connectivity index (χ4v) is 4.32. The van der Waals surface area contributed by atoms with Gasteiger partial charge in [-0.3, -0.25) is 4.79 Å². The van der Waals surface area contributed by atoms with Crippen LogP contribution in [-0.4, -0.2) is 12.9 Å². The average Bonchev–Trinajstić information content (AvgIpc) is 2.87. The zero-order valence-corrected chi connectivity index (χ0v) is 12.7. The zero-order chi connectivity index (χ0) is 14.6. The number of ketones is 1. The molecule has 0 fully saturated rings. The van der Waals surface area contributed by atoms with Crippen LogP contribution in [0.15, 0.2) is 35.4 Å². The standard InChI is InChI=1S/C19H20O2/c1-19-10-9-13-14(15(19)6-4-8-17(19)20)11-12-5-3-7-16(21-2)18(12)13/h3,5-7H,4,8-11H2,1-2H3. The molecule has 0 aliphatic heterocycles. The first-order valence-corrected chi connectivity index (χ1v) is 7.78. The number of methoxy groups -OCH3 is 1. The summed E-state index contributed by atoms with van der Waals surface area (Å²) >= 11 is 0. The smallest absolute Gasteiger partial charge is 0.143 e. The van der Waals surface area contributed by atoms with Crippen LogP contribution in [-0.2, 0) is 11.2 Å². The third-order valence-corrected chi connectivity index (χ3v) is 5.50. The first-order valence-electron chi connectivity index (χ1n) is 7.78. The van der Waals surface area contributed by atoms with E-state index in [4.69, 9.17) is 4.74 Å². The van der Waals surface area contributed by atoms with Gasteiger partial charge < -0.3 is 4.74 Å². The van der Waals surface area contributed by atoms with Crippen molar-refractivity contribution in [2.24, 2.45) is 5.41 Å². The lowest BCUT2D eigenvalue weighted by atomic mass is 9.63. The monoisotopic (exact) mass is 280 g/mol. The molecule has 1 aromatic carbocycles. The van der Waals surface area contributed by atoms with Crippen LogP contribution in [0.3, 0.4) is 0 Å². The van der Waals surface area contributed by atoms with E-state index < -0.39 is 0 Å². The highest BCUT2D eigenvalue weighted by molar-refractivity contribution is 5.95. The molecule has 3 aliphatic rings. The minimum absolute atomic E-state index is 0.244. The van der Waals surface area contributed by atoms with Crippen LogP contribution in [0.5, 0.6) is 5.75 Å². The van der Waals surface area contributed by atoms with E-state index in [9.17, 15) is 4.79 Å². The Kier molecular flexibility index (Phi) is 2.66. The first-order chi connectivity index (χ1) is 10.1. The Balaban J connectivity index is 1.89. The molecule has 0 saturated carbocycles. The predicted molar refractivity (Wildman–Crippen MR) is 83.3 cm³/mol. The Hall–Kier alpha value is -1.83. The van der Waals surface area contributed by atoms with Crippen molar-refractivity contribution < 1.29 is 9.53 Å². The van der Waals surface area contributed by atoms with Crippen molar-refractivity contribution in [2.75, 3.05) is 7.11 Å². The minimum Gasteiger partial charge on any atom is -0.496 e. The molecule has 108 valence electrons. The Bertz CT molecular complexity index is 708. The van der Waals surface area contributed by atoms with Crippen molar-refractivity contribution in [3.05, 3.63) is 46.5 Å². The summed E-state index contributed by atoms with van der Waals surface area (Å²) < 4.78 is 5.57. The second-order valence-electron chi connectivity index (χ2n) is 6.54. The molecular formula is C19H20O2. The van der Waals surface area contributed by atoms with Gasteiger partial charge in [0.05, 0.1) is 12.5 Å². The van der Waals surface area contributed by atoms with E-state index in [1.807, 2.05) is 6.07 Å². The second kappa shape index (κ2) is 4.33. The van der Waals surface area contributed by atoms with Gasteiger partial charge >= 0.3 is 0 Å². The third kappa shape index (κ3) is 1.62. The van der Waals surface area contributed by atoms with Crippen molar-refractivity contribution in [3.8, 4) is 5.75 Å². The van der Waals surface area contributed by atoms with Gasteiger partial charge in [0.1, 0.15) is 11.5 Å². The number of carbonyl (C=O) groups excluding carboxylic acids is 1. The van der Waals surface area contributed by atoms with Crippen LogP contribution in [0.1, 0.15) is 43.7 Å². The van der Waals surface area contributed by atoms with E-state index in [2.05, 4.69) is 25.1 Å². The van der Waals surface area contributed by atoms with E-state index in [1.54, 1.807) is 7.11 Å². The molecule has 21 heavy (non-hydrogen) atoms. The Morgan fingerprint density at radius 1 is 1.19 bits per heavy atom. The Morgan fingerprint density at radius 2 is 2.05 bits per heavy atom. The molecule has 0 bridgehead atoms. The van der Waals surface area contributed by atoms with Gasteiger partial charge in [0, 0.05) is 12.0 Å². The van der Waals surface area contributed by atoms with Crippen LogP contribution >= 0.6 is 0 Å². The van der Waals surface area contributed by atoms with Gasteiger partial charge in [-0.1, -0.05) is 18.2 Å². The number of carbonyl (C=O) groups is 1. The van der Waals surface area contributed by atoms with Crippen LogP contribution < -0.4 is 4.74 Å². The molecule has 0 heterocycles. The Labute approximate surface area is 125 Å². The topological polar surface area (TPSA) is 26.3 Å². The quantitative estimate of drug-likeness (QED) is 0.774. The summed E-state index contributed by atoms with van der Waals surface area (Å²) in [6.45, 7) is 2.14. The highest BCUT2D eigenvalue weighted by Gasteiger charge is 2.45. The van der Waals surface area contributed by atoms with E-state index >= 15 is 0 Å². The third-order valence-electron chi connectivity index (χ3n) is 5.50. The summed E-state index contributed by atoms with van der Waals surface area (Å²) in [5.74, 6) is 1.40. The van der Waals surface area contributed by atoms with Crippen LogP contribution in [0.25, 0.3) is 5.57 Å². The molecular weight excluding hydrogens is 260 g/mol. The highest BCUT2D eigenvalue weighted by atomic mass is 16.5. The molecule has 2 nitrogen and oxygen atoms in total. The van der Waals surface area contributed by atoms with Crippen molar-refractivity contribution in [1.29, 1.82) is 0 Å². The van der Waals surface area contributed by atoms with E-state index in [0.29, 0.717) is 12.2 Å². The molecule has 1 unspecified atom stereocenters. The van der Waals surface area contributed by atoms with Crippen LogP contribution in [0, 0.1) is 5.41 Å². The summed E-state index contributed by atoms with van der Waals surface area (Å²) in [5, 5.41) is 0. The summed E-state index contributed by atoms with van der Waals surface area (Å²) in [5.41, 5.74) is 6.51. The van der Waals surface area contributed by atoms with Gasteiger partial charge in [-0.05, 0) is 61.0 Å². The number of allylic oxidation sites excluding steroid dienone is 4. The zero-order valence-electron chi connectivity index (χ0n) is 12.7.